The molecule has 3 heterocycles. The van der Waals surface area contributed by atoms with Crippen molar-refractivity contribution in [2.45, 2.75) is 25.0 Å². The number of benzene rings is 2. The molecule has 37 heavy (non-hydrogen) atoms. The first-order valence-corrected chi connectivity index (χ1v) is 12.4. The van der Waals surface area contributed by atoms with E-state index in [0.29, 0.717) is 6.54 Å². The lowest BCUT2D eigenvalue weighted by molar-refractivity contribution is -0.118. The Bertz CT molecular complexity index is 1260. The van der Waals surface area contributed by atoms with Crippen molar-refractivity contribution in [1.82, 2.24) is 15.2 Å². The molecule has 0 bridgehead atoms. The Morgan fingerprint density at radius 3 is 2.54 bits per heavy atom. The van der Waals surface area contributed by atoms with Crippen LogP contribution in [0.1, 0.15) is 34.9 Å². The van der Waals surface area contributed by atoms with Crippen molar-refractivity contribution in [3.05, 3.63) is 77.7 Å². The third-order valence-corrected chi connectivity index (χ3v) is 6.63. The van der Waals surface area contributed by atoms with E-state index < -0.39 is 29.7 Å². The van der Waals surface area contributed by atoms with Crippen LogP contribution in [0.5, 0.6) is 11.5 Å². The Hall–Kier alpha value is -3.82. The van der Waals surface area contributed by atoms with E-state index in [1.165, 1.54) is 12.1 Å². The van der Waals surface area contributed by atoms with Gasteiger partial charge >= 0.3 is 0 Å². The summed E-state index contributed by atoms with van der Waals surface area (Å²) in [5, 5.41) is 13.9. The second kappa shape index (κ2) is 11.1. The van der Waals surface area contributed by atoms with Crippen LogP contribution in [0, 0.1) is 5.82 Å². The highest BCUT2D eigenvalue weighted by Gasteiger charge is 2.31. The first kappa shape index (κ1) is 24.9. The van der Waals surface area contributed by atoms with Gasteiger partial charge in [-0.2, -0.15) is 0 Å². The summed E-state index contributed by atoms with van der Waals surface area (Å²) in [7, 11) is 0. The lowest BCUT2D eigenvalue weighted by atomic mass is 9.99. The first-order chi connectivity index (χ1) is 18.0. The highest BCUT2D eigenvalue weighted by Crippen LogP contribution is 2.36. The van der Waals surface area contributed by atoms with Gasteiger partial charge in [0.25, 0.3) is 5.91 Å². The highest BCUT2D eigenvalue weighted by atomic mass is 19.1. The predicted octanol–water partition coefficient (Wildman–Crippen LogP) is 3.16. The number of fused-ring (bicyclic) bond motifs is 1. The van der Waals surface area contributed by atoms with Crippen molar-refractivity contribution in [3.63, 3.8) is 0 Å². The molecule has 0 radical (unpaired) electrons. The van der Waals surface area contributed by atoms with E-state index in [-0.39, 0.29) is 35.8 Å². The number of pyridine rings is 1. The van der Waals surface area contributed by atoms with Crippen LogP contribution < -0.4 is 14.8 Å². The molecule has 0 unspecified atom stereocenters. The van der Waals surface area contributed by atoms with E-state index in [1.807, 2.05) is 18.2 Å². The van der Waals surface area contributed by atoms with Crippen molar-refractivity contribution >= 4 is 11.7 Å². The molecule has 1 saturated heterocycles. The number of carbonyl (C=O) groups is 2. The largest absolute Gasteiger partial charge is 0.486 e. The van der Waals surface area contributed by atoms with E-state index in [2.05, 4.69) is 15.2 Å². The van der Waals surface area contributed by atoms with Gasteiger partial charge in [-0.1, -0.05) is 30.3 Å². The van der Waals surface area contributed by atoms with Gasteiger partial charge in [-0.15, -0.1) is 0 Å². The van der Waals surface area contributed by atoms with Crippen LogP contribution in [0.15, 0.2) is 60.8 Å². The van der Waals surface area contributed by atoms with Crippen molar-refractivity contribution in [1.29, 1.82) is 0 Å². The molecule has 192 valence electrons. The van der Waals surface area contributed by atoms with E-state index in [9.17, 15) is 19.1 Å². The first-order valence-electron chi connectivity index (χ1n) is 12.4. The van der Waals surface area contributed by atoms with Gasteiger partial charge in [-0.05, 0) is 55.8 Å². The molecule has 2 aliphatic rings. The van der Waals surface area contributed by atoms with Gasteiger partial charge in [0.1, 0.15) is 19.3 Å². The van der Waals surface area contributed by atoms with E-state index in [0.717, 1.165) is 37.2 Å². The Labute approximate surface area is 214 Å². The number of ketones is 1. The Kier molecular flexibility index (Phi) is 7.43. The van der Waals surface area contributed by atoms with Crippen LogP contribution >= 0.6 is 0 Å². The normalized spacial score (nSPS) is 16.7. The lowest BCUT2D eigenvalue weighted by Gasteiger charge is -2.29. The molecule has 2 N–H and O–H groups in total. The third-order valence-electron chi connectivity index (χ3n) is 6.63. The van der Waals surface area contributed by atoms with Gasteiger partial charge in [0.2, 0.25) is 5.78 Å². The number of aliphatic hydroxyl groups excluding tert-OH is 1. The van der Waals surface area contributed by atoms with Gasteiger partial charge in [-0.3, -0.25) is 14.6 Å². The second-order valence-electron chi connectivity index (χ2n) is 9.18. The molecular weight excluding hydrogens is 477 g/mol. The monoisotopic (exact) mass is 505 g/mol. The summed E-state index contributed by atoms with van der Waals surface area (Å²) in [5.41, 5.74) is 2.03. The zero-order valence-electron chi connectivity index (χ0n) is 20.2. The smallest absolute Gasteiger partial charge is 0.292 e. The van der Waals surface area contributed by atoms with Gasteiger partial charge in [0.15, 0.2) is 17.3 Å². The molecule has 8 nitrogen and oxygen atoms in total. The number of rotatable bonds is 8. The second-order valence-corrected chi connectivity index (χ2v) is 9.18. The van der Waals surface area contributed by atoms with Gasteiger partial charge in [-0.25, -0.2) is 4.39 Å². The molecule has 1 aromatic heterocycles. The van der Waals surface area contributed by atoms with E-state index >= 15 is 0 Å². The fraction of sp³-hybridized carbons (Fsp3) is 0.321. The van der Waals surface area contributed by atoms with E-state index in [4.69, 9.17) is 9.47 Å². The van der Waals surface area contributed by atoms with Crippen LogP contribution in [0.2, 0.25) is 0 Å². The standard InChI is InChI=1S/C28H28FN3O5/c29-21-15-20(16-24-27(21)37-14-13-36-24)25(33)23(17-32-11-3-4-12-32)31-28(35)26(34)19-8-6-18(7-9-19)22-5-1-2-10-30-22/h1-2,5-10,15-16,23,25,33H,3-4,11-14,17H2,(H,31,35)/t23-,25-/m1/s1. The highest BCUT2D eigenvalue weighted by molar-refractivity contribution is 6.42. The number of hydrogen-bond acceptors (Lipinski definition) is 7. The zero-order chi connectivity index (χ0) is 25.8. The van der Waals surface area contributed by atoms with E-state index in [1.54, 1.807) is 30.5 Å². The third kappa shape index (κ3) is 5.63. The van der Waals surface area contributed by atoms with Crippen LogP contribution in [-0.2, 0) is 4.79 Å². The molecule has 0 aliphatic carbocycles. The SMILES string of the molecule is O=C(N[C@H](CN1CCCC1)[C@H](O)c1cc(F)c2c(c1)OCCO2)C(=O)c1ccc(-c2ccccn2)cc1. The summed E-state index contributed by atoms with van der Waals surface area (Å²) < 4.78 is 25.5. The Morgan fingerprint density at radius 2 is 1.81 bits per heavy atom. The number of likely N-dealkylation sites (tertiary alicyclic amines) is 1. The number of ether oxygens (including phenoxy) is 2. The predicted molar refractivity (Wildman–Crippen MR) is 134 cm³/mol. The molecule has 3 aromatic rings. The van der Waals surface area contributed by atoms with Gasteiger partial charge in [0, 0.05) is 23.9 Å². The summed E-state index contributed by atoms with van der Waals surface area (Å²) in [6.07, 6.45) is 2.43. The maximum absolute atomic E-state index is 14.7. The molecular formula is C28H28FN3O5. The number of hydrogen-bond donors (Lipinski definition) is 2. The molecule has 2 aliphatic heterocycles. The summed E-state index contributed by atoms with van der Waals surface area (Å²) in [4.78, 5) is 32.3. The fourth-order valence-corrected chi connectivity index (χ4v) is 4.69. The fourth-order valence-electron chi connectivity index (χ4n) is 4.69. The van der Waals surface area contributed by atoms with Gasteiger partial charge in [0.05, 0.1) is 11.7 Å². The molecule has 0 spiro atoms. The number of amides is 1. The topological polar surface area (TPSA) is 101 Å². The van der Waals surface area contributed by atoms with Crippen molar-refractivity contribution in [2.24, 2.45) is 0 Å². The molecule has 2 atom stereocenters. The average molecular weight is 506 g/mol. The minimum absolute atomic E-state index is 0.00616. The molecule has 9 heteroatoms. The zero-order valence-corrected chi connectivity index (χ0v) is 20.2. The number of halogens is 1. The molecule has 0 saturated carbocycles. The summed E-state index contributed by atoms with van der Waals surface area (Å²) >= 11 is 0. The number of nitrogens with one attached hydrogen (secondary N) is 1. The van der Waals surface area contributed by atoms with Crippen molar-refractivity contribution < 1.29 is 28.6 Å². The molecule has 1 amide bonds. The van der Waals surface area contributed by atoms with Gasteiger partial charge < -0.3 is 24.8 Å². The Morgan fingerprint density at radius 1 is 1.05 bits per heavy atom. The number of Topliss-reactive ketones (excluding diaryl/α,β-unsaturated/α-hetero) is 1. The Balaban J connectivity index is 1.34. The minimum Gasteiger partial charge on any atom is -0.486 e. The molecule has 5 rings (SSSR count). The van der Waals surface area contributed by atoms with Crippen LogP contribution in [0.25, 0.3) is 11.3 Å². The van der Waals surface area contributed by atoms with Crippen molar-refractivity contribution in [2.75, 3.05) is 32.8 Å². The lowest BCUT2D eigenvalue weighted by Crippen LogP contribution is -2.48. The molecule has 1 fully saturated rings. The average Bonchev–Trinajstić information content (AvgIpc) is 3.45. The summed E-state index contributed by atoms with van der Waals surface area (Å²) in [6, 6.07) is 14.0. The van der Waals surface area contributed by atoms with Crippen LogP contribution in [-0.4, -0.2) is 65.6 Å². The summed E-state index contributed by atoms with van der Waals surface area (Å²) in [6.45, 7) is 2.46. The number of nitrogens with zero attached hydrogens (tertiary/aromatic N) is 2. The van der Waals surface area contributed by atoms with Crippen LogP contribution in [0.4, 0.5) is 4.39 Å². The van der Waals surface area contributed by atoms with Crippen molar-refractivity contribution in [3.8, 4) is 22.8 Å². The quantitative estimate of drug-likeness (QED) is 0.358. The minimum atomic E-state index is -1.27. The maximum atomic E-state index is 14.7. The molecule has 2 aromatic carbocycles. The number of aromatic nitrogens is 1. The summed E-state index contributed by atoms with van der Waals surface area (Å²) in [5.74, 6) is -2.00. The maximum Gasteiger partial charge on any atom is 0.292 e. The van der Waals surface area contributed by atoms with Crippen LogP contribution in [0.3, 0.4) is 0 Å². The number of carbonyl (C=O) groups excluding carboxylic acids is 2. The number of aliphatic hydroxyl groups is 1.